The first-order valence-electron chi connectivity index (χ1n) is 9.42. The van der Waals surface area contributed by atoms with E-state index < -0.39 is 0 Å². The van der Waals surface area contributed by atoms with E-state index in [9.17, 15) is 0 Å². The van der Waals surface area contributed by atoms with Crippen molar-refractivity contribution < 1.29 is 4.90 Å². The predicted octanol–water partition coefficient (Wildman–Crippen LogP) is 2.34. The van der Waals surface area contributed by atoms with Crippen LogP contribution in [0.5, 0.6) is 0 Å². The van der Waals surface area contributed by atoms with Gasteiger partial charge in [-0.1, -0.05) is 17.7 Å². The molecule has 4 rings (SSSR count). The Hall–Kier alpha value is -2.22. The van der Waals surface area contributed by atoms with Gasteiger partial charge in [-0.25, -0.2) is 0 Å². The van der Waals surface area contributed by atoms with Crippen LogP contribution in [0.25, 0.3) is 11.4 Å². The molecule has 0 amide bonds. The fourth-order valence-electron chi connectivity index (χ4n) is 3.70. The van der Waals surface area contributed by atoms with Gasteiger partial charge < -0.3 is 14.4 Å². The highest BCUT2D eigenvalue weighted by Gasteiger charge is 2.23. The fraction of sp³-hybridized carbons (Fsp3) is 0.350. The first-order chi connectivity index (χ1) is 13.5. The Bertz CT molecular complexity index is 1020. The number of pyridine rings is 1. The van der Waals surface area contributed by atoms with E-state index in [-0.39, 0.29) is 0 Å². The summed E-state index contributed by atoms with van der Waals surface area (Å²) in [5, 5.41) is 5.56. The number of anilines is 1. The summed E-state index contributed by atoms with van der Waals surface area (Å²) >= 11 is 11.8. The summed E-state index contributed by atoms with van der Waals surface area (Å²) in [7, 11) is 1.97. The number of quaternary nitrogens is 1. The van der Waals surface area contributed by atoms with E-state index in [1.165, 1.54) is 16.2 Å². The molecular formula is C20H24ClN6S+. The lowest BCUT2D eigenvalue weighted by molar-refractivity contribution is -0.924. The minimum atomic E-state index is 0.743. The molecular weight excluding hydrogens is 392 g/mol. The number of piperazine rings is 1. The van der Waals surface area contributed by atoms with Crippen molar-refractivity contribution in [1.82, 2.24) is 19.3 Å². The Morgan fingerprint density at radius 3 is 2.57 bits per heavy atom. The van der Waals surface area contributed by atoms with Crippen LogP contribution < -0.4 is 9.80 Å². The molecule has 1 saturated heterocycles. The number of rotatable bonds is 4. The molecule has 28 heavy (non-hydrogen) atoms. The van der Waals surface area contributed by atoms with Gasteiger partial charge in [0.25, 0.3) is 0 Å². The van der Waals surface area contributed by atoms with Crippen molar-refractivity contribution in [3.05, 3.63) is 58.1 Å². The van der Waals surface area contributed by atoms with Crippen molar-refractivity contribution in [2.24, 2.45) is 7.05 Å². The molecule has 1 fully saturated rings. The quantitative estimate of drug-likeness (QED) is 0.664. The molecule has 1 aromatic carbocycles. The maximum atomic E-state index is 6.20. The third-order valence-electron chi connectivity index (χ3n) is 5.34. The summed E-state index contributed by atoms with van der Waals surface area (Å²) in [6, 6.07) is 10.0. The smallest absolute Gasteiger partial charge is 0.202 e. The van der Waals surface area contributed by atoms with Gasteiger partial charge in [0.15, 0.2) is 12.5 Å². The molecule has 0 saturated carbocycles. The van der Waals surface area contributed by atoms with Gasteiger partial charge in [0.1, 0.15) is 0 Å². The van der Waals surface area contributed by atoms with Crippen molar-refractivity contribution in [3.8, 4) is 11.4 Å². The van der Waals surface area contributed by atoms with E-state index in [2.05, 4.69) is 28.9 Å². The van der Waals surface area contributed by atoms with Crippen LogP contribution in [0.2, 0.25) is 5.02 Å². The van der Waals surface area contributed by atoms with Crippen LogP contribution in [0, 0.1) is 11.7 Å². The molecule has 1 aliphatic heterocycles. The van der Waals surface area contributed by atoms with Crippen molar-refractivity contribution in [2.75, 3.05) is 31.1 Å². The third-order valence-corrected chi connectivity index (χ3v) is 6.05. The Balaban J connectivity index is 1.46. The number of hydrogen-bond acceptors (Lipinski definition) is 4. The summed E-state index contributed by atoms with van der Waals surface area (Å²) in [5.74, 6) is 0.875. The van der Waals surface area contributed by atoms with E-state index in [0.717, 1.165) is 54.0 Å². The average molecular weight is 416 g/mol. The van der Waals surface area contributed by atoms with Crippen LogP contribution in [0.1, 0.15) is 5.56 Å². The van der Waals surface area contributed by atoms with Gasteiger partial charge in [0, 0.05) is 35.7 Å². The Labute approximate surface area is 175 Å². The normalized spacial score (nSPS) is 15.2. The average Bonchev–Trinajstić information content (AvgIpc) is 3.00. The largest absolute Gasteiger partial charge is 0.360 e. The summed E-state index contributed by atoms with van der Waals surface area (Å²) in [6.07, 6.45) is 3.55. The highest BCUT2D eigenvalue weighted by molar-refractivity contribution is 7.71. The molecule has 1 aliphatic rings. The van der Waals surface area contributed by atoms with Gasteiger partial charge in [-0.2, -0.15) is 4.68 Å². The zero-order chi connectivity index (χ0) is 19.7. The summed E-state index contributed by atoms with van der Waals surface area (Å²) < 4.78 is 4.66. The molecule has 2 aromatic heterocycles. The molecule has 3 heterocycles. The van der Waals surface area contributed by atoms with Crippen LogP contribution in [0.15, 0.2) is 42.7 Å². The lowest BCUT2D eigenvalue weighted by Crippen LogP contribution is -3.14. The van der Waals surface area contributed by atoms with Gasteiger partial charge in [0.05, 0.1) is 26.2 Å². The number of hydrogen-bond donors (Lipinski definition) is 1. The Morgan fingerprint density at radius 2 is 1.86 bits per heavy atom. The van der Waals surface area contributed by atoms with Crippen molar-refractivity contribution in [3.63, 3.8) is 0 Å². The SMILES string of the molecule is Cc1ccc(Cl)cc1N1CC[NH+](Cn2nc(-c3ccncc3)n(C)c2=S)CC1. The second-order valence-corrected chi connectivity index (χ2v) is 8.03. The molecule has 1 N–H and O–H groups in total. The van der Waals surface area contributed by atoms with Gasteiger partial charge in [-0.15, -0.1) is 5.10 Å². The van der Waals surface area contributed by atoms with Crippen LogP contribution in [0.3, 0.4) is 0 Å². The molecule has 8 heteroatoms. The van der Waals surface area contributed by atoms with Crippen LogP contribution >= 0.6 is 23.8 Å². The Morgan fingerprint density at radius 1 is 1.14 bits per heavy atom. The lowest BCUT2D eigenvalue weighted by Gasteiger charge is -2.34. The first-order valence-corrected chi connectivity index (χ1v) is 10.2. The molecule has 0 radical (unpaired) electrons. The number of nitrogens with zero attached hydrogens (tertiary/aromatic N) is 5. The number of halogens is 1. The van der Waals surface area contributed by atoms with Gasteiger partial charge in [-0.05, 0) is 49.0 Å². The van der Waals surface area contributed by atoms with Gasteiger partial charge in [-0.3, -0.25) is 4.98 Å². The molecule has 0 bridgehead atoms. The van der Waals surface area contributed by atoms with Crippen molar-refractivity contribution in [2.45, 2.75) is 13.6 Å². The molecule has 0 unspecified atom stereocenters. The highest BCUT2D eigenvalue weighted by Crippen LogP contribution is 2.24. The molecule has 3 aromatic rings. The first kappa shape index (κ1) is 19.1. The number of benzene rings is 1. The molecule has 6 nitrogen and oxygen atoms in total. The van der Waals surface area contributed by atoms with Gasteiger partial charge in [0.2, 0.25) is 4.77 Å². The second-order valence-electron chi connectivity index (χ2n) is 7.23. The maximum absolute atomic E-state index is 6.20. The molecule has 0 spiro atoms. The van der Waals surface area contributed by atoms with E-state index in [1.54, 1.807) is 12.4 Å². The maximum Gasteiger partial charge on any atom is 0.202 e. The van der Waals surface area contributed by atoms with E-state index in [0.29, 0.717) is 0 Å². The summed E-state index contributed by atoms with van der Waals surface area (Å²) in [4.78, 5) is 7.98. The minimum Gasteiger partial charge on any atom is -0.360 e. The predicted molar refractivity (Wildman–Crippen MR) is 114 cm³/mol. The molecule has 0 atom stereocenters. The fourth-order valence-corrected chi connectivity index (χ4v) is 4.06. The topological polar surface area (TPSA) is 43.3 Å². The lowest BCUT2D eigenvalue weighted by atomic mass is 10.1. The van der Waals surface area contributed by atoms with E-state index in [4.69, 9.17) is 28.9 Å². The summed E-state index contributed by atoms with van der Waals surface area (Å²) in [5.41, 5.74) is 3.53. The molecule has 146 valence electrons. The Kier molecular flexibility index (Phi) is 5.48. The zero-order valence-corrected chi connectivity index (χ0v) is 17.7. The standard InChI is InChI=1S/C20H23ClN6S/c1-15-3-4-17(21)13-18(15)26-11-9-25(10-12-26)14-27-20(28)24(2)19(23-27)16-5-7-22-8-6-16/h3-8,13H,9-12,14H2,1-2H3/p+1. The number of aromatic nitrogens is 4. The van der Waals surface area contributed by atoms with Crippen LogP contribution in [-0.2, 0) is 13.7 Å². The monoisotopic (exact) mass is 415 g/mol. The van der Waals surface area contributed by atoms with Crippen LogP contribution in [-0.4, -0.2) is 45.5 Å². The van der Waals surface area contributed by atoms with E-state index >= 15 is 0 Å². The zero-order valence-electron chi connectivity index (χ0n) is 16.1. The highest BCUT2D eigenvalue weighted by atomic mass is 35.5. The minimum absolute atomic E-state index is 0.743. The van der Waals surface area contributed by atoms with E-state index in [1.807, 2.05) is 34.5 Å². The molecule has 0 aliphatic carbocycles. The third kappa shape index (κ3) is 3.83. The summed E-state index contributed by atoms with van der Waals surface area (Å²) in [6.45, 7) is 6.98. The number of aryl methyl sites for hydroxylation is 1. The number of nitrogens with one attached hydrogen (secondary N) is 1. The van der Waals surface area contributed by atoms with Crippen LogP contribution in [0.4, 0.5) is 5.69 Å². The van der Waals surface area contributed by atoms with Crippen molar-refractivity contribution in [1.29, 1.82) is 0 Å². The second kappa shape index (κ2) is 8.03. The van der Waals surface area contributed by atoms with Gasteiger partial charge >= 0.3 is 0 Å². The van der Waals surface area contributed by atoms with Crippen molar-refractivity contribution >= 4 is 29.5 Å².